The molecule has 19 heavy (non-hydrogen) atoms. The second kappa shape index (κ2) is 5.90. The van der Waals surface area contributed by atoms with Crippen molar-refractivity contribution in [3.8, 4) is 5.75 Å². The fourth-order valence-corrected chi connectivity index (χ4v) is 2.47. The number of halogens is 3. The average molecular weight is 360 g/mol. The van der Waals surface area contributed by atoms with Gasteiger partial charge >= 0.3 is 0 Å². The first-order valence-electron chi connectivity index (χ1n) is 5.33. The highest BCUT2D eigenvalue weighted by molar-refractivity contribution is 9.10. The predicted molar refractivity (Wildman–Crippen MR) is 81.2 cm³/mol. The van der Waals surface area contributed by atoms with Gasteiger partial charge in [0.1, 0.15) is 17.1 Å². The fraction of sp³-hybridized carbons (Fsp3) is 0.0769. The van der Waals surface area contributed by atoms with Crippen LogP contribution in [0.5, 0.6) is 5.75 Å². The lowest BCUT2D eigenvalue weighted by atomic mass is 10.2. The zero-order valence-corrected chi connectivity index (χ0v) is 13.0. The van der Waals surface area contributed by atoms with Crippen LogP contribution in [0.4, 0.5) is 11.4 Å². The zero-order valence-electron chi connectivity index (χ0n) is 9.86. The van der Waals surface area contributed by atoms with E-state index < -0.39 is 0 Å². The third-order valence-electron chi connectivity index (χ3n) is 2.42. The standard InChI is InChI=1S/C13H9BrCl2N2O/c1-7-4-8(14)5-12(13(7)19)18-17-11-3-2-9(15)6-10(11)16/h2-6,19H,1H3. The Hall–Kier alpha value is -1.10. The third-order valence-corrected chi connectivity index (χ3v) is 3.42. The molecule has 0 amide bonds. The number of benzene rings is 2. The number of nitrogens with zero attached hydrogens (tertiary/aromatic N) is 2. The number of hydrogen-bond acceptors (Lipinski definition) is 3. The number of phenolic OH excluding ortho intramolecular Hbond substituents is 1. The molecule has 1 N–H and O–H groups in total. The molecule has 0 saturated heterocycles. The van der Waals surface area contributed by atoms with Crippen molar-refractivity contribution in [2.24, 2.45) is 10.2 Å². The maximum absolute atomic E-state index is 9.88. The second-order valence-corrected chi connectivity index (χ2v) is 5.65. The Kier molecular flexibility index (Phi) is 4.45. The van der Waals surface area contributed by atoms with Crippen molar-refractivity contribution in [2.45, 2.75) is 6.92 Å². The van der Waals surface area contributed by atoms with Gasteiger partial charge in [0.2, 0.25) is 0 Å². The minimum absolute atomic E-state index is 0.0945. The van der Waals surface area contributed by atoms with Crippen LogP contribution in [0.2, 0.25) is 10.0 Å². The van der Waals surface area contributed by atoms with E-state index in [2.05, 4.69) is 26.2 Å². The Morgan fingerprint density at radius 1 is 1.05 bits per heavy atom. The molecule has 98 valence electrons. The van der Waals surface area contributed by atoms with Gasteiger partial charge in [0.05, 0.1) is 5.02 Å². The van der Waals surface area contributed by atoms with Gasteiger partial charge in [-0.3, -0.25) is 0 Å². The topological polar surface area (TPSA) is 45.0 Å². The highest BCUT2D eigenvalue weighted by Gasteiger charge is 2.06. The molecule has 0 saturated carbocycles. The van der Waals surface area contributed by atoms with Crippen LogP contribution < -0.4 is 0 Å². The Morgan fingerprint density at radius 3 is 2.42 bits per heavy atom. The summed E-state index contributed by atoms with van der Waals surface area (Å²) in [7, 11) is 0. The van der Waals surface area contributed by atoms with Gasteiger partial charge in [-0.2, -0.15) is 0 Å². The Morgan fingerprint density at radius 2 is 1.74 bits per heavy atom. The van der Waals surface area contributed by atoms with Crippen molar-refractivity contribution in [3.05, 3.63) is 50.4 Å². The van der Waals surface area contributed by atoms with E-state index in [0.29, 0.717) is 27.0 Å². The summed E-state index contributed by atoms with van der Waals surface area (Å²) in [5, 5.41) is 18.8. The molecule has 0 aliphatic carbocycles. The molecule has 0 aliphatic rings. The van der Waals surface area contributed by atoms with E-state index in [-0.39, 0.29) is 5.75 Å². The maximum atomic E-state index is 9.88. The smallest absolute Gasteiger partial charge is 0.146 e. The van der Waals surface area contributed by atoms with Crippen LogP contribution in [-0.4, -0.2) is 5.11 Å². The molecule has 0 unspecified atom stereocenters. The van der Waals surface area contributed by atoms with Crippen molar-refractivity contribution in [3.63, 3.8) is 0 Å². The van der Waals surface area contributed by atoms with Crippen LogP contribution >= 0.6 is 39.1 Å². The Labute approximate surface area is 129 Å². The van der Waals surface area contributed by atoms with E-state index in [4.69, 9.17) is 23.2 Å². The first-order valence-corrected chi connectivity index (χ1v) is 6.88. The molecule has 0 fully saturated rings. The molecule has 0 spiro atoms. The number of aryl methyl sites for hydroxylation is 1. The van der Waals surface area contributed by atoms with Gasteiger partial charge in [-0.1, -0.05) is 39.1 Å². The molecule has 2 aromatic carbocycles. The maximum Gasteiger partial charge on any atom is 0.146 e. The van der Waals surface area contributed by atoms with Crippen LogP contribution in [-0.2, 0) is 0 Å². The Balaban J connectivity index is 2.38. The lowest BCUT2D eigenvalue weighted by Crippen LogP contribution is -1.76. The summed E-state index contributed by atoms with van der Waals surface area (Å²) < 4.78 is 0.818. The van der Waals surface area contributed by atoms with Gasteiger partial charge in [0, 0.05) is 9.50 Å². The van der Waals surface area contributed by atoms with E-state index in [9.17, 15) is 5.11 Å². The number of hydrogen-bond donors (Lipinski definition) is 1. The summed E-state index contributed by atoms with van der Waals surface area (Å²) in [5.41, 5.74) is 1.58. The zero-order chi connectivity index (χ0) is 14.0. The number of aromatic hydroxyl groups is 1. The van der Waals surface area contributed by atoms with E-state index in [0.717, 1.165) is 4.47 Å². The average Bonchev–Trinajstić information content (AvgIpc) is 2.33. The van der Waals surface area contributed by atoms with Gasteiger partial charge in [-0.05, 0) is 42.8 Å². The minimum atomic E-state index is 0.0945. The van der Waals surface area contributed by atoms with E-state index >= 15 is 0 Å². The first kappa shape index (κ1) is 14.3. The highest BCUT2D eigenvalue weighted by Crippen LogP contribution is 2.35. The Bertz CT molecular complexity index is 659. The van der Waals surface area contributed by atoms with Crippen molar-refractivity contribution >= 4 is 50.5 Å². The summed E-state index contributed by atoms with van der Waals surface area (Å²) >= 11 is 15.1. The van der Waals surface area contributed by atoms with Crippen LogP contribution in [0, 0.1) is 6.92 Å². The number of azo groups is 1. The molecular weight excluding hydrogens is 351 g/mol. The van der Waals surface area contributed by atoms with Crippen LogP contribution in [0.3, 0.4) is 0 Å². The van der Waals surface area contributed by atoms with Crippen molar-refractivity contribution in [2.75, 3.05) is 0 Å². The van der Waals surface area contributed by atoms with E-state index in [1.165, 1.54) is 0 Å². The van der Waals surface area contributed by atoms with Gasteiger partial charge in [0.25, 0.3) is 0 Å². The largest absolute Gasteiger partial charge is 0.505 e. The van der Waals surface area contributed by atoms with Crippen molar-refractivity contribution in [1.82, 2.24) is 0 Å². The SMILES string of the molecule is Cc1cc(Br)cc(N=Nc2ccc(Cl)cc2Cl)c1O. The summed E-state index contributed by atoms with van der Waals surface area (Å²) in [6, 6.07) is 8.40. The molecular formula is C13H9BrCl2N2O. The van der Waals surface area contributed by atoms with E-state index in [1.807, 2.05) is 0 Å². The summed E-state index contributed by atoms with van der Waals surface area (Å²) in [4.78, 5) is 0. The molecule has 2 aromatic rings. The molecule has 0 aliphatic heterocycles. The molecule has 0 heterocycles. The van der Waals surface area contributed by atoms with Gasteiger partial charge < -0.3 is 5.11 Å². The second-order valence-electron chi connectivity index (χ2n) is 3.89. The van der Waals surface area contributed by atoms with E-state index in [1.54, 1.807) is 37.3 Å². The highest BCUT2D eigenvalue weighted by atomic mass is 79.9. The molecule has 6 heteroatoms. The van der Waals surface area contributed by atoms with Crippen LogP contribution in [0.15, 0.2) is 45.0 Å². The number of phenols is 1. The lowest BCUT2D eigenvalue weighted by Gasteiger charge is -2.03. The quantitative estimate of drug-likeness (QED) is 0.638. The summed E-state index contributed by atoms with van der Waals surface area (Å²) in [6.45, 7) is 1.79. The van der Waals surface area contributed by atoms with Crippen molar-refractivity contribution in [1.29, 1.82) is 0 Å². The molecule has 0 bridgehead atoms. The summed E-state index contributed by atoms with van der Waals surface area (Å²) in [6.07, 6.45) is 0. The molecule has 0 atom stereocenters. The number of rotatable bonds is 2. The monoisotopic (exact) mass is 358 g/mol. The lowest BCUT2D eigenvalue weighted by molar-refractivity contribution is 0.472. The summed E-state index contributed by atoms with van der Waals surface area (Å²) in [5.74, 6) is 0.0945. The predicted octanol–water partition coefficient (Wildman–Crippen LogP) is 6.19. The normalized spacial score (nSPS) is 11.2. The first-order chi connectivity index (χ1) is 8.97. The molecule has 3 nitrogen and oxygen atoms in total. The van der Waals surface area contributed by atoms with Crippen LogP contribution in [0.1, 0.15) is 5.56 Å². The fourth-order valence-electron chi connectivity index (χ4n) is 1.46. The van der Waals surface area contributed by atoms with Crippen molar-refractivity contribution < 1.29 is 5.11 Å². The molecule has 0 aromatic heterocycles. The molecule has 2 rings (SSSR count). The molecule has 0 radical (unpaired) electrons. The third kappa shape index (κ3) is 3.47. The van der Waals surface area contributed by atoms with Gasteiger partial charge in [-0.15, -0.1) is 10.2 Å². The minimum Gasteiger partial charge on any atom is -0.505 e. The van der Waals surface area contributed by atoms with Crippen LogP contribution in [0.25, 0.3) is 0 Å². The van der Waals surface area contributed by atoms with Gasteiger partial charge in [0.15, 0.2) is 0 Å². The van der Waals surface area contributed by atoms with Gasteiger partial charge in [-0.25, -0.2) is 0 Å².